The fraction of sp³-hybridized carbons (Fsp3) is 0.385. The third-order valence-corrected chi connectivity index (χ3v) is 3.19. The van der Waals surface area contributed by atoms with Gasteiger partial charge in [0, 0.05) is 18.3 Å². The quantitative estimate of drug-likeness (QED) is 0.811. The van der Waals surface area contributed by atoms with Crippen LogP contribution in [0.3, 0.4) is 0 Å². The third-order valence-electron chi connectivity index (χ3n) is 3.19. The minimum atomic E-state index is 0.131. The average molecular weight is 201 g/mol. The van der Waals surface area contributed by atoms with E-state index in [9.17, 15) is 5.11 Å². The Morgan fingerprint density at radius 1 is 1.27 bits per heavy atom. The summed E-state index contributed by atoms with van der Waals surface area (Å²) in [5, 5.41) is 10.6. The number of aliphatic hydroxyl groups excluding tert-OH is 1. The van der Waals surface area contributed by atoms with Crippen molar-refractivity contribution >= 4 is 10.9 Å². The zero-order valence-electron chi connectivity index (χ0n) is 8.69. The molecule has 1 aliphatic carbocycles. The van der Waals surface area contributed by atoms with Crippen LogP contribution < -0.4 is 0 Å². The second-order valence-electron chi connectivity index (χ2n) is 4.42. The molecule has 1 aromatic heterocycles. The molecule has 2 nitrogen and oxygen atoms in total. The molecular weight excluding hydrogens is 186 g/mol. The van der Waals surface area contributed by atoms with Crippen molar-refractivity contribution in [3.63, 3.8) is 0 Å². The van der Waals surface area contributed by atoms with Gasteiger partial charge in [-0.1, -0.05) is 18.2 Å². The molecular formula is C13H15NO. The van der Waals surface area contributed by atoms with Crippen molar-refractivity contribution in [3.8, 4) is 0 Å². The van der Waals surface area contributed by atoms with E-state index in [1.54, 1.807) is 0 Å². The van der Waals surface area contributed by atoms with Crippen molar-refractivity contribution in [3.05, 3.63) is 36.0 Å². The summed E-state index contributed by atoms with van der Waals surface area (Å²) in [4.78, 5) is 0. The molecule has 1 N–H and O–H groups in total. The van der Waals surface area contributed by atoms with Crippen LogP contribution in [-0.4, -0.2) is 9.67 Å². The predicted molar refractivity (Wildman–Crippen MR) is 60.6 cm³/mol. The molecule has 0 unspecified atom stereocenters. The third kappa shape index (κ3) is 1.55. The van der Waals surface area contributed by atoms with Crippen LogP contribution in [0.25, 0.3) is 10.9 Å². The normalized spacial score (nSPS) is 16.1. The van der Waals surface area contributed by atoms with Gasteiger partial charge in [-0.05, 0) is 30.2 Å². The van der Waals surface area contributed by atoms with Crippen LogP contribution in [0.2, 0.25) is 0 Å². The van der Waals surface area contributed by atoms with Crippen molar-refractivity contribution in [2.24, 2.45) is 5.92 Å². The van der Waals surface area contributed by atoms with Crippen molar-refractivity contribution in [1.82, 2.24) is 4.57 Å². The van der Waals surface area contributed by atoms with E-state index in [1.807, 2.05) is 12.1 Å². The van der Waals surface area contributed by atoms with E-state index < -0.39 is 0 Å². The number of hydrogen-bond acceptors (Lipinski definition) is 1. The minimum Gasteiger partial charge on any atom is -0.392 e. The van der Waals surface area contributed by atoms with Crippen LogP contribution in [0.15, 0.2) is 30.5 Å². The SMILES string of the molecule is OCc1cccc2ccn(CC3CC3)c12. The van der Waals surface area contributed by atoms with Gasteiger partial charge in [-0.2, -0.15) is 0 Å². The molecule has 78 valence electrons. The summed E-state index contributed by atoms with van der Waals surface area (Å²) in [5.41, 5.74) is 2.25. The number of rotatable bonds is 3. The van der Waals surface area contributed by atoms with Gasteiger partial charge in [0.05, 0.1) is 12.1 Å². The van der Waals surface area contributed by atoms with Gasteiger partial charge in [0.1, 0.15) is 0 Å². The molecule has 2 aromatic rings. The first-order valence-electron chi connectivity index (χ1n) is 5.56. The fourth-order valence-electron chi connectivity index (χ4n) is 2.20. The Morgan fingerprint density at radius 3 is 2.87 bits per heavy atom. The Balaban J connectivity index is 2.11. The summed E-state index contributed by atoms with van der Waals surface area (Å²) in [6.07, 6.45) is 4.87. The average Bonchev–Trinajstić information content (AvgIpc) is 2.98. The monoisotopic (exact) mass is 201 g/mol. The maximum absolute atomic E-state index is 9.31. The van der Waals surface area contributed by atoms with Gasteiger partial charge in [-0.15, -0.1) is 0 Å². The summed E-state index contributed by atoms with van der Waals surface area (Å²) in [6.45, 7) is 1.24. The van der Waals surface area contributed by atoms with Crippen molar-refractivity contribution in [2.45, 2.75) is 26.0 Å². The largest absolute Gasteiger partial charge is 0.392 e. The van der Waals surface area contributed by atoms with Gasteiger partial charge in [0.15, 0.2) is 0 Å². The summed E-state index contributed by atoms with van der Waals surface area (Å²) in [5.74, 6) is 0.868. The van der Waals surface area contributed by atoms with Crippen molar-refractivity contribution in [1.29, 1.82) is 0 Å². The molecule has 1 fully saturated rings. The molecule has 1 aliphatic rings. The van der Waals surface area contributed by atoms with Gasteiger partial charge in [0.2, 0.25) is 0 Å². The van der Waals surface area contributed by atoms with Crippen LogP contribution in [0, 0.1) is 5.92 Å². The van der Waals surface area contributed by atoms with Crippen molar-refractivity contribution in [2.75, 3.05) is 0 Å². The Hall–Kier alpha value is -1.28. The Labute approximate surface area is 89.1 Å². The molecule has 15 heavy (non-hydrogen) atoms. The van der Waals surface area contributed by atoms with Gasteiger partial charge < -0.3 is 9.67 Å². The van der Waals surface area contributed by atoms with E-state index in [0.29, 0.717) is 0 Å². The number of hydrogen-bond donors (Lipinski definition) is 1. The number of benzene rings is 1. The van der Waals surface area contributed by atoms with Gasteiger partial charge in [-0.25, -0.2) is 0 Å². The molecule has 0 saturated heterocycles. The molecule has 0 bridgehead atoms. The highest BCUT2D eigenvalue weighted by molar-refractivity contribution is 5.83. The maximum Gasteiger partial charge on any atom is 0.0702 e. The first kappa shape index (κ1) is 8.98. The summed E-state index contributed by atoms with van der Waals surface area (Å²) in [6, 6.07) is 8.26. The van der Waals surface area contributed by atoms with E-state index in [-0.39, 0.29) is 6.61 Å². The molecule has 3 rings (SSSR count). The highest BCUT2D eigenvalue weighted by atomic mass is 16.3. The van der Waals surface area contributed by atoms with Crippen molar-refractivity contribution < 1.29 is 5.11 Å². The second-order valence-corrected chi connectivity index (χ2v) is 4.42. The molecule has 0 amide bonds. The minimum absolute atomic E-state index is 0.131. The Morgan fingerprint density at radius 2 is 2.13 bits per heavy atom. The zero-order chi connectivity index (χ0) is 10.3. The Bertz CT molecular complexity index is 482. The van der Waals surface area contributed by atoms with E-state index in [0.717, 1.165) is 18.0 Å². The summed E-state index contributed by atoms with van der Waals surface area (Å²) >= 11 is 0. The van der Waals surface area contributed by atoms with Gasteiger partial charge >= 0.3 is 0 Å². The molecule has 0 aliphatic heterocycles. The Kier molecular flexibility index (Phi) is 2.03. The highest BCUT2D eigenvalue weighted by Crippen LogP contribution is 2.32. The predicted octanol–water partition coefficient (Wildman–Crippen LogP) is 2.54. The first-order chi connectivity index (χ1) is 7.38. The van der Waals surface area contributed by atoms with Crippen LogP contribution in [-0.2, 0) is 13.2 Å². The lowest BCUT2D eigenvalue weighted by Crippen LogP contribution is -2.00. The molecule has 1 aromatic carbocycles. The van der Waals surface area contributed by atoms with Crippen LogP contribution >= 0.6 is 0 Å². The highest BCUT2D eigenvalue weighted by Gasteiger charge is 2.22. The number of aromatic nitrogens is 1. The van der Waals surface area contributed by atoms with E-state index in [4.69, 9.17) is 0 Å². The lowest BCUT2D eigenvalue weighted by molar-refractivity contribution is 0.283. The number of fused-ring (bicyclic) bond motifs is 1. The van der Waals surface area contributed by atoms with E-state index in [2.05, 4.69) is 22.9 Å². The topological polar surface area (TPSA) is 25.2 Å². The number of nitrogens with zero attached hydrogens (tertiary/aromatic N) is 1. The van der Waals surface area contributed by atoms with Crippen LogP contribution in [0.4, 0.5) is 0 Å². The number of aliphatic hydroxyl groups is 1. The van der Waals surface area contributed by atoms with Crippen LogP contribution in [0.5, 0.6) is 0 Å². The smallest absolute Gasteiger partial charge is 0.0702 e. The lowest BCUT2D eigenvalue weighted by atomic mass is 10.1. The summed E-state index contributed by atoms with van der Waals surface area (Å²) in [7, 11) is 0. The van der Waals surface area contributed by atoms with Gasteiger partial charge in [0.25, 0.3) is 0 Å². The maximum atomic E-state index is 9.31. The molecule has 1 saturated carbocycles. The number of para-hydroxylation sites is 1. The fourth-order valence-corrected chi connectivity index (χ4v) is 2.20. The molecule has 0 atom stereocenters. The van der Waals surface area contributed by atoms with E-state index >= 15 is 0 Å². The summed E-state index contributed by atoms with van der Waals surface area (Å²) < 4.78 is 2.29. The standard InChI is InChI=1S/C13H15NO/c15-9-12-3-1-2-11-6-7-14(13(11)12)8-10-4-5-10/h1-3,6-7,10,15H,4-5,8-9H2. The first-order valence-corrected chi connectivity index (χ1v) is 5.56. The molecule has 0 radical (unpaired) electrons. The molecule has 0 spiro atoms. The second kappa shape index (κ2) is 3.38. The molecule has 1 heterocycles. The van der Waals surface area contributed by atoms with Gasteiger partial charge in [-0.3, -0.25) is 0 Å². The van der Waals surface area contributed by atoms with Crippen LogP contribution in [0.1, 0.15) is 18.4 Å². The lowest BCUT2D eigenvalue weighted by Gasteiger charge is -2.07. The van der Waals surface area contributed by atoms with E-state index in [1.165, 1.54) is 23.7 Å². The zero-order valence-corrected chi connectivity index (χ0v) is 8.69. The molecule has 2 heteroatoms.